The quantitative estimate of drug-likeness (QED) is 0.0448. The van der Waals surface area contributed by atoms with E-state index >= 15 is 0 Å². The molecular formula is C25H41N5O11. The Morgan fingerprint density at radius 1 is 0.610 bits per heavy atom. The first-order valence-corrected chi connectivity index (χ1v) is 13.0. The number of carboxylic acid groups (broad SMARTS) is 4. The van der Waals surface area contributed by atoms with Crippen molar-refractivity contribution >= 4 is 42.0 Å². The number of nitrogens with one attached hydrogen (secondary N) is 1. The first-order chi connectivity index (χ1) is 19.3. The summed E-state index contributed by atoms with van der Waals surface area (Å²) in [5.74, 6) is -5.52. The average molecular weight is 588 g/mol. The van der Waals surface area contributed by atoms with Gasteiger partial charge in [-0.1, -0.05) is 12.8 Å². The summed E-state index contributed by atoms with van der Waals surface area (Å²) >= 11 is 0. The third-order valence-corrected chi connectivity index (χ3v) is 5.70. The fraction of sp³-hybridized carbons (Fsp3) is 0.640. The summed E-state index contributed by atoms with van der Waals surface area (Å²) in [6.07, 6.45) is 5.86. The van der Waals surface area contributed by atoms with Crippen LogP contribution >= 0.6 is 0 Å². The summed E-state index contributed by atoms with van der Waals surface area (Å²) in [6.45, 7) is -1.24. The van der Waals surface area contributed by atoms with Gasteiger partial charge in [-0.25, -0.2) is 0 Å². The van der Waals surface area contributed by atoms with Crippen LogP contribution in [0.15, 0.2) is 12.2 Å². The number of carboxylic acids is 4. The van der Waals surface area contributed by atoms with Gasteiger partial charge in [0.25, 0.3) is 0 Å². The van der Waals surface area contributed by atoms with Crippen molar-refractivity contribution in [2.45, 2.75) is 25.7 Å². The summed E-state index contributed by atoms with van der Waals surface area (Å²) in [5.41, 5.74) is 0. The molecule has 16 heteroatoms. The highest BCUT2D eigenvalue weighted by Gasteiger charge is 2.19. The zero-order valence-corrected chi connectivity index (χ0v) is 23.3. The Morgan fingerprint density at radius 2 is 1.05 bits per heavy atom. The average Bonchev–Trinajstić information content (AvgIpc) is 2.86. The largest absolute Gasteiger partial charge is 0.480 e. The van der Waals surface area contributed by atoms with Gasteiger partial charge < -0.3 is 30.6 Å². The molecule has 0 bridgehead atoms. The summed E-state index contributed by atoms with van der Waals surface area (Å²) in [7, 11) is 1.63. The summed E-state index contributed by atoms with van der Waals surface area (Å²) in [4.78, 5) is 84.3. The molecule has 0 aromatic carbocycles. The van der Waals surface area contributed by atoms with Gasteiger partial charge >= 0.3 is 23.9 Å². The predicted octanol–water partition coefficient (Wildman–Crippen LogP) is -1.88. The highest BCUT2D eigenvalue weighted by Crippen LogP contribution is 2.02. The number of aliphatic carboxylic acids is 4. The number of carbonyl (C=O) groups excluding carboxylic acids is 3. The molecule has 0 saturated heterocycles. The molecule has 0 saturated carbocycles. The Bertz CT molecular complexity index is 840. The van der Waals surface area contributed by atoms with Crippen LogP contribution in [-0.2, 0) is 33.6 Å². The number of likely N-dealkylation sites (N-methyl/N-ethyl adjacent to an activating group) is 1. The molecule has 0 atom stereocenters. The van der Waals surface area contributed by atoms with Gasteiger partial charge in [-0.15, -0.1) is 0 Å². The van der Waals surface area contributed by atoms with Gasteiger partial charge in [-0.2, -0.15) is 0 Å². The van der Waals surface area contributed by atoms with E-state index in [1.54, 1.807) is 11.9 Å². The van der Waals surface area contributed by atoms with Gasteiger partial charge in [0.05, 0.1) is 32.7 Å². The number of aldehydes is 1. The van der Waals surface area contributed by atoms with E-state index in [-0.39, 0.29) is 44.5 Å². The Hall–Kier alpha value is -3.89. The van der Waals surface area contributed by atoms with Crippen molar-refractivity contribution in [2.24, 2.45) is 0 Å². The molecule has 0 aliphatic heterocycles. The number of amides is 2. The van der Waals surface area contributed by atoms with E-state index in [4.69, 9.17) is 20.4 Å². The van der Waals surface area contributed by atoms with Crippen LogP contribution in [0.5, 0.6) is 0 Å². The highest BCUT2D eigenvalue weighted by molar-refractivity contribution is 5.90. The number of nitrogens with zero attached hydrogens (tertiary/aromatic N) is 4. The normalized spacial score (nSPS) is 11.2. The molecule has 0 rings (SSSR count). The standard InChI is InChI=1S/C25H41N5O11/c1-27(21(33)7-6-14-31)9-5-3-2-4-8-26-20(32)15-28(10-12-29(16-22(34)35)17-23(36)37)11-13-30(18-24(38)39)19-25(40)41/h6-7,14H,2-5,8-13,15-19H2,1H3,(H,26,32)(H,34,35)(H,36,37)(H,38,39)(H,40,41)/b7-6-. The van der Waals surface area contributed by atoms with Crippen molar-refractivity contribution in [2.75, 3.05) is 79.0 Å². The third kappa shape index (κ3) is 21.6. The molecule has 0 heterocycles. The maximum atomic E-state index is 12.6. The van der Waals surface area contributed by atoms with E-state index < -0.39 is 50.1 Å². The molecule has 0 unspecified atom stereocenters. The van der Waals surface area contributed by atoms with Crippen molar-refractivity contribution in [3.8, 4) is 0 Å². The SMILES string of the molecule is CN(CCCCCCNC(=O)CN(CCN(CC(=O)O)CC(=O)O)CCN(CC(=O)O)CC(=O)O)C(=O)/C=C\C=O. The van der Waals surface area contributed by atoms with Crippen LogP contribution in [0, 0.1) is 0 Å². The minimum absolute atomic E-state index is 0.00831. The second-order valence-electron chi connectivity index (χ2n) is 9.29. The molecule has 5 N–H and O–H groups in total. The minimum atomic E-state index is -1.22. The Kier molecular flexibility index (Phi) is 19.8. The Labute approximate surface area is 238 Å². The molecule has 0 radical (unpaired) electrons. The van der Waals surface area contributed by atoms with Crippen molar-refractivity contribution < 1.29 is 54.0 Å². The van der Waals surface area contributed by atoms with E-state index in [9.17, 15) is 33.6 Å². The smallest absolute Gasteiger partial charge is 0.317 e. The number of hydrogen-bond donors (Lipinski definition) is 5. The van der Waals surface area contributed by atoms with Gasteiger partial charge in [0, 0.05) is 52.4 Å². The maximum absolute atomic E-state index is 12.6. The minimum Gasteiger partial charge on any atom is -0.480 e. The molecule has 41 heavy (non-hydrogen) atoms. The molecule has 0 spiro atoms. The van der Waals surface area contributed by atoms with E-state index in [2.05, 4.69) is 5.32 Å². The predicted molar refractivity (Wildman–Crippen MR) is 144 cm³/mol. The lowest BCUT2D eigenvalue weighted by molar-refractivity contribution is -0.143. The molecule has 0 aromatic rings. The molecule has 0 aliphatic rings. The summed E-state index contributed by atoms with van der Waals surface area (Å²) in [5, 5.41) is 39.0. The lowest BCUT2D eigenvalue weighted by Gasteiger charge is -2.28. The molecule has 232 valence electrons. The first-order valence-electron chi connectivity index (χ1n) is 13.0. The van der Waals surface area contributed by atoms with E-state index in [0.717, 1.165) is 25.3 Å². The topological polar surface area (TPSA) is 225 Å². The molecule has 0 aromatic heterocycles. The van der Waals surface area contributed by atoms with Crippen LogP contribution in [0.3, 0.4) is 0 Å². The molecular weight excluding hydrogens is 546 g/mol. The van der Waals surface area contributed by atoms with Crippen LogP contribution < -0.4 is 5.32 Å². The monoisotopic (exact) mass is 587 g/mol. The molecule has 2 amide bonds. The molecule has 16 nitrogen and oxygen atoms in total. The van der Waals surface area contributed by atoms with Gasteiger partial charge in [-0.3, -0.25) is 48.3 Å². The summed E-state index contributed by atoms with van der Waals surface area (Å²) in [6, 6.07) is 0. The van der Waals surface area contributed by atoms with Crippen LogP contribution in [-0.4, -0.2) is 161 Å². The van der Waals surface area contributed by atoms with Crippen molar-refractivity contribution in [1.29, 1.82) is 0 Å². The Morgan fingerprint density at radius 3 is 1.49 bits per heavy atom. The van der Waals surface area contributed by atoms with E-state index in [1.807, 2.05) is 0 Å². The van der Waals surface area contributed by atoms with Crippen LogP contribution in [0.1, 0.15) is 25.7 Å². The van der Waals surface area contributed by atoms with Gasteiger partial charge in [0.15, 0.2) is 0 Å². The van der Waals surface area contributed by atoms with Crippen molar-refractivity contribution in [3.63, 3.8) is 0 Å². The van der Waals surface area contributed by atoms with Gasteiger partial charge in [-0.05, 0) is 18.9 Å². The first kappa shape index (κ1) is 37.1. The lowest BCUT2D eigenvalue weighted by Crippen LogP contribution is -2.47. The third-order valence-electron chi connectivity index (χ3n) is 5.70. The summed E-state index contributed by atoms with van der Waals surface area (Å²) < 4.78 is 0. The van der Waals surface area contributed by atoms with Gasteiger partial charge in [0.2, 0.25) is 11.8 Å². The van der Waals surface area contributed by atoms with E-state index in [0.29, 0.717) is 25.8 Å². The second-order valence-corrected chi connectivity index (χ2v) is 9.29. The van der Waals surface area contributed by atoms with Gasteiger partial charge in [0.1, 0.15) is 6.29 Å². The number of hydrogen-bond acceptors (Lipinski definition) is 10. The number of carbonyl (C=O) groups is 7. The number of unbranched alkanes of at least 4 members (excludes halogenated alkanes) is 3. The second kappa shape index (κ2) is 21.9. The van der Waals surface area contributed by atoms with Crippen LogP contribution in [0.25, 0.3) is 0 Å². The van der Waals surface area contributed by atoms with E-state index in [1.165, 1.54) is 20.8 Å². The van der Waals surface area contributed by atoms with Crippen molar-refractivity contribution in [1.82, 2.24) is 24.9 Å². The fourth-order valence-electron chi connectivity index (χ4n) is 3.70. The molecule has 0 fully saturated rings. The Balaban J connectivity index is 4.86. The molecule has 0 aliphatic carbocycles. The maximum Gasteiger partial charge on any atom is 0.317 e. The zero-order valence-electron chi connectivity index (χ0n) is 23.3. The zero-order chi connectivity index (χ0) is 31.2. The van der Waals surface area contributed by atoms with Crippen LogP contribution in [0.2, 0.25) is 0 Å². The fourth-order valence-corrected chi connectivity index (χ4v) is 3.70. The number of rotatable bonds is 25. The highest BCUT2D eigenvalue weighted by atomic mass is 16.4. The van der Waals surface area contributed by atoms with Crippen molar-refractivity contribution in [3.05, 3.63) is 12.2 Å². The lowest BCUT2D eigenvalue weighted by atomic mass is 10.2. The number of allylic oxidation sites excluding steroid dienone is 1. The van der Waals surface area contributed by atoms with Crippen LogP contribution in [0.4, 0.5) is 0 Å².